The van der Waals surface area contributed by atoms with E-state index in [4.69, 9.17) is 5.73 Å². The third-order valence-electron chi connectivity index (χ3n) is 2.46. The van der Waals surface area contributed by atoms with E-state index >= 15 is 0 Å². The lowest BCUT2D eigenvalue weighted by molar-refractivity contribution is 0.0999. The molecule has 14 heavy (non-hydrogen) atoms. The number of primary amides is 1. The van der Waals surface area contributed by atoms with Crippen LogP contribution in [-0.2, 0) is 6.42 Å². The predicted molar refractivity (Wildman–Crippen MR) is 58.3 cm³/mol. The minimum atomic E-state index is -0.320. The second-order valence-electron chi connectivity index (χ2n) is 3.57. The molecule has 0 fully saturated rings. The molecule has 0 radical (unpaired) electrons. The van der Waals surface area contributed by atoms with Gasteiger partial charge in [0.05, 0.1) is 0 Å². The van der Waals surface area contributed by atoms with Crippen LogP contribution in [0.2, 0.25) is 0 Å². The molecule has 76 valence electrons. The molecular formula is C12H17NO. The molecule has 1 aromatic rings. The van der Waals surface area contributed by atoms with Crippen LogP contribution in [0.5, 0.6) is 0 Å². The summed E-state index contributed by atoms with van der Waals surface area (Å²) in [6, 6.07) is 5.71. The molecule has 0 aliphatic heterocycles. The monoisotopic (exact) mass is 191 g/mol. The fourth-order valence-electron chi connectivity index (χ4n) is 1.62. The summed E-state index contributed by atoms with van der Waals surface area (Å²) in [5.41, 5.74) is 8.27. The van der Waals surface area contributed by atoms with Gasteiger partial charge >= 0.3 is 0 Å². The van der Waals surface area contributed by atoms with Gasteiger partial charge in [-0.3, -0.25) is 4.79 Å². The molecule has 1 aromatic carbocycles. The molecule has 0 aliphatic carbocycles. The molecule has 0 saturated carbocycles. The molecule has 0 spiro atoms. The molecular weight excluding hydrogens is 174 g/mol. The molecule has 0 saturated heterocycles. The van der Waals surface area contributed by atoms with E-state index in [2.05, 4.69) is 6.92 Å². The first-order chi connectivity index (χ1) is 6.66. The number of carbonyl (C=O) groups is 1. The van der Waals surface area contributed by atoms with E-state index in [1.807, 2.05) is 19.1 Å². The average Bonchev–Trinajstić information content (AvgIpc) is 2.15. The van der Waals surface area contributed by atoms with Gasteiger partial charge in [-0.25, -0.2) is 0 Å². The molecule has 2 heteroatoms. The van der Waals surface area contributed by atoms with Crippen LogP contribution in [0.3, 0.4) is 0 Å². The highest BCUT2D eigenvalue weighted by Crippen LogP contribution is 2.16. The molecule has 2 N–H and O–H groups in total. The third kappa shape index (κ3) is 2.34. The molecule has 1 rings (SSSR count). The largest absolute Gasteiger partial charge is 0.366 e. The van der Waals surface area contributed by atoms with Crippen LogP contribution in [0, 0.1) is 6.92 Å². The third-order valence-corrected chi connectivity index (χ3v) is 2.46. The highest BCUT2D eigenvalue weighted by Gasteiger charge is 2.08. The van der Waals surface area contributed by atoms with Crippen molar-refractivity contribution in [2.24, 2.45) is 5.73 Å². The van der Waals surface area contributed by atoms with Gasteiger partial charge in [-0.2, -0.15) is 0 Å². The lowest BCUT2D eigenvalue weighted by Crippen LogP contribution is -2.14. The van der Waals surface area contributed by atoms with Crippen LogP contribution in [-0.4, -0.2) is 5.91 Å². The van der Waals surface area contributed by atoms with Crippen LogP contribution in [0.4, 0.5) is 0 Å². The number of carbonyl (C=O) groups excluding carboxylic acids is 1. The zero-order chi connectivity index (χ0) is 10.6. The maximum Gasteiger partial charge on any atom is 0.248 e. The Morgan fingerprint density at radius 3 is 2.71 bits per heavy atom. The molecule has 0 aromatic heterocycles. The summed E-state index contributed by atoms with van der Waals surface area (Å²) in [5.74, 6) is -0.320. The van der Waals surface area contributed by atoms with Gasteiger partial charge in [0.2, 0.25) is 5.91 Å². The first-order valence-corrected chi connectivity index (χ1v) is 5.05. The van der Waals surface area contributed by atoms with Gasteiger partial charge in [-0.05, 0) is 37.0 Å². The summed E-state index contributed by atoms with van der Waals surface area (Å²) in [6.07, 6.45) is 3.18. The van der Waals surface area contributed by atoms with Crippen LogP contribution in [0.25, 0.3) is 0 Å². The Labute approximate surface area is 85.1 Å². The van der Waals surface area contributed by atoms with Gasteiger partial charge in [0, 0.05) is 5.56 Å². The van der Waals surface area contributed by atoms with E-state index in [0.29, 0.717) is 5.56 Å². The zero-order valence-corrected chi connectivity index (χ0v) is 8.84. The Kier molecular flexibility index (Phi) is 3.69. The van der Waals surface area contributed by atoms with Crippen LogP contribution < -0.4 is 5.73 Å². The lowest BCUT2D eigenvalue weighted by atomic mass is 9.97. The fraction of sp³-hybridized carbons (Fsp3) is 0.417. The van der Waals surface area contributed by atoms with Crippen molar-refractivity contribution >= 4 is 5.91 Å². The predicted octanol–water partition coefficient (Wildman–Crippen LogP) is 2.44. The van der Waals surface area contributed by atoms with E-state index in [1.54, 1.807) is 6.07 Å². The standard InChI is InChI=1S/C12H17NO/c1-3-4-7-10-9(2)6-5-8-11(10)12(13)14/h5-6,8H,3-4,7H2,1-2H3,(H2,13,14). The summed E-state index contributed by atoms with van der Waals surface area (Å²) in [5, 5.41) is 0. The Hall–Kier alpha value is -1.31. The maximum atomic E-state index is 11.2. The van der Waals surface area contributed by atoms with E-state index < -0.39 is 0 Å². The van der Waals surface area contributed by atoms with Crippen molar-refractivity contribution in [2.75, 3.05) is 0 Å². The van der Waals surface area contributed by atoms with E-state index in [1.165, 1.54) is 0 Å². The van der Waals surface area contributed by atoms with Crippen LogP contribution in [0.15, 0.2) is 18.2 Å². The van der Waals surface area contributed by atoms with E-state index in [0.717, 1.165) is 30.4 Å². The normalized spacial score (nSPS) is 10.1. The first-order valence-electron chi connectivity index (χ1n) is 5.05. The summed E-state index contributed by atoms with van der Waals surface area (Å²) in [6.45, 7) is 4.17. The molecule has 0 unspecified atom stereocenters. The minimum absolute atomic E-state index is 0.320. The topological polar surface area (TPSA) is 43.1 Å². The number of hydrogen-bond acceptors (Lipinski definition) is 1. The highest BCUT2D eigenvalue weighted by molar-refractivity contribution is 5.94. The second-order valence-corrected chi connectivity index (χ2v) is 3.57. The SMILES string of the molecule is CCCCc1c(C)cccc1C(N)=O. The number of rotatable bonds is 4. The molecule has 0 bridgehead atoms. The number of aryl methyl sites for hydroxylation is 1. The van der Waals surface area contributed by atoms with Gasteiger partial charge in [0.25, 0.3) is 0 Å². The summed E-state index contributed by atoms with van der Waals surface area (Å²) >= 11 is 0. The minimum Gasteiger partial charge on any atom is -0.366 e. The second kappa shape index (κ2) is 4.80. The smallest absolute Gasteiger partial charge is 0.248 e. The van der Waals surface area contributed by atoms with E-state index in [9.17, 15) is 4.79 Å². The number of benzene rings is 1. The molecule has 0 aliphatic rings. The average molecular weight is 191 g/mol. The van der Waals surface area contributed by atoms with Crippen molar-refractivity contribution in [1.82, 2.24) is 0 Å². The summed E-state index contributed by atoms with van der Waals surface area (Å²) in [7, 11) is 0. The Balaban J connectivity index is 3.02. The number of amides is 1. The van der Waals surface area contributed by atoms with Gasteiger partial charge < -0.3 is 5.73 Å². The van der Waals surface area contributed by atoms with Crippen molar-refractivity contribution in [2.45, 2.75) is 33.1 Å². The number of unbranched alkanes of at least 4 members (excludes halogenated alkanes) is 1. The number of nitrogens with two attached hydrogens (primary N) is 1. The van der Waals surface area contributed by atoms with Crippen molar-refractivity contribution in [3.8, 4) is 0 Å². The zero-order valence-electron chi connectivity index (χ0n) is 8.84. The molecule has 2 nitrogen and oxygen atoms in total. The molecule has 0 atom stereocenters. The summed E-state index contributed by atoms with van der Waals surface area (Å²) < 4.78 is 0. The van der Waals surface area contributed by atoms with Crippen LogP contribution >= 0.6 is 0 Å². The van der Waals surface area contributed by atoms with Crippen molar-refractivity contribution in [1.29, 1.82) is 0 Å². The van der Waals surface area contributed by atoms with Gasteiger partial charge in [0.1, 0.15) is 0 Å². The Morgan fingerprint density at radius 2 is 2.14 bits per heavy atom. The summed E-state index contributed by atoms with van der Waals surface area (Å²) in [4.78, 5) is 11.2. The molecule has 0 heterocycles. The fourth-order valence-corrected chi connectivity index (χ4v) is 1.62. The number of hydrogen-bond donors (Lipinski definition) is 1. The Morgan fingerprint density at radius 1 is 1.43 bits per heavy atom. The highest BCUT2D eigenvalue weighted by atomic mass is 16.1. The van der Waals surface area contributed by atoms with E-state index in [-0.39, 0.29) is 5.91 Å². The Bertz CT molecular complexity index is 331. The van der Waals surface area contributed by atoms with Gasteiger partial charge in [-0.15, -0.1) is 0 Å². The first kappa shape index (κ1) is 10.8. The van der Waals surface area contributed by atoms with Crippen LogP contribution in [0.1, 0.15) is 41.3 Å². The lowest BCUT2D eigenvalue weighted by Gasteiger charge is -2.09. The van der Waals surface area contributed by atoms with Gasteiger partial charge in [-0.1, -0.05) is 25.5 Å². The van der Waals surface area contributed by atoms with Crippen molar-refractivity contribution in [3.63, 3.8) is 0 Å². The maximum absolute atomic E-state index is 11.2. The van der Waals surface area contributed by atoms with Crippen molar-refractivity contribution in [3.05, 3.63) is 34.9 Å². The van der Waals surface area contributed by atoms with Crippen molar-refractivity contribution < 1.29 is 4.79 Å². The quantitative estimate of drug-likeness (QED) is 0.780. The molecule has 1 amide bonds. The van der Waals surface area contributed by atoms with Gasteiger partial charge in [0.15, 0.2) is 0 Å².